The molecule has 1 aliphatic rings. The highest BCUT2D eigenvalue weighted by atomic mass is 32.2. The van der Waals surface area contributed by atoms with Crippen LogP contribution in [0, 0.1) is 18.3 Å². The highest BCUT2D eigenvalue weighted by Gasteiger charge is 2.31. The van der Waals surface area contributed by atoms with Gasteiger partial charge in [-0.2, -0.15) is 9.57 Å². The molecular formula is C21H20N4O2S2. The largest absolute Gasteiger partial charge is 0.345 e. The van der Waals surface area contributed by atoms with Crippen molar-refractivity contribution >= 4 is 26.5 Å². The van der Waals surface area contributed by atoms with E-state index in [1.807, 2.05) is 23.6 Å². The number of piperazine rings is 1. The zero-order chi connectivity index (χ0) is 20.4. The fourth-order valence-electron chi connectivity index (χ4n) is 3.44. The number of anilines is 1. The third-order valence-corrected chi connectivity index (χ3v) is 7.91. The summed E-state index contributed by atoms with van der Waals surface area (Å²) < 4.78 is 27.4. The van der Waals surface area contributed by atoms with Crippen molar-refractivity contribution in [1.29, 1.82) is 5.26 Å². The average molecular weight is 425 g/mol. The Hall–Kier alpha value is -2.73. The summed E-state index contributed by atoms with van der Waals surface area (Å²) in [4.78, 5) is 6.97. The Labute approximate surface area is 174 Å². The molecule has 0 radical (unpaired) electrons. The number of thiazole rings is 1. The predicted octanol–water partition coefficient (Wildman–Crippen LogP) is 3.50. The molecule has 0 bridgehead atoms. The summed E-state index contributed by atoms with van der Waals surface area (Å²) in [6.45, 7) is 3.92. The highest BCUT2D eigenvalue weighted by Crippen LogP contribution is 2.30. The lowest BCUT2D eigenvalue weighted by Gasteiger charge is -2.33. The number of sulfonamides is 1. The van der Waals surface area contributed by atoms with Crippen molar-refractivity contribution in [2.75, 3.05) is 31.1 Å². The summed E-state index contributed by atoms with van der Waals surface area (Å²) in [5.41, 5.74) is 3.42. The quantitative estimate of drug-likeness (QED) is 0.641. The Balaban J connectivity index is 1.49. The Morgan fingerprint density at radius 1 is 1.03 bits per heavy atom. The van der Waals surface area contributed by atoms with Gasteiger partial charge in [-0.05, 0) is 24.6 Å². The lowest BCUT2D eigenvalue weighted by Crippen LogP contribution is -2.48. The van der Waals surface area contributed by atoms with Crippen molar-refractivity contribution in [3.8, 4) is 17.3 Å². The first-order chi connectivity index (χ1) is 14.0. The molecular weight excluding hydrogens is 404 g/mol. The lowest BCUT2D eigenvalue weighted by atomic mass is 10.1. The van der Waals surface area contributed by atoms with E-state index in [9.17, 15) is 13.7 Å². The van der Waals surface area contributed by atoms with Crippen molar-refractivity contribution in [2.45, 2.75) is 11.8 Å². The molecule has 6 nitrogen and oxygen atoms in total. The molecule has 3 aromatic rings. The van der Waals surface area contributed by atoms with Crippen LogP contribution < -0.4 is 4.90 Å². The minimum atomic E-state index is -3.69. The van der Waals surface area contributed by atoms with E-state index in [0.29, 0.717) is 26.2 Å². The molecule has 2 heterocycles. The van der Waals surface area contributed by atoms with E-state index in [1.54, 1.807) is 23.5 Å². The minimum Gasteiger partial charge on any atom is -0.345 e. The van der Waals surface area contributed by atoms with Crippen molar-refractivity contribution in [1.82, 2.24) is 9.29 Å². The standard InChI is InChI=1S/C21H20N4O2S2/c1-16-6-2-4-8-18(16)19-15-28-21(23-19)24-10-12-25(13-11-24)29(26,27)20-9-5-3-7-17(20)14-22/h2-9,15H,10-13H2,1H3. The molecule has 29 heavy (non-hydrogen) atoms. The number of aryl methyl sites for hydroxylation is 1. The van der Waals surface area contributed by atoms with Gasteiger partial charge in [0.1, 0.15) is 6.07 Å². The van der Waals surface area contributed by atoms with Crippen molar-refractivity contribution in [2.24, 2.45) is 0 Å². The number of nitrogens with zero attached hydrogens (tertiary/aromatic N) is 4. The van der Waals surface area contributed by atoms with Gasteiger partial charge in [0, 0.05) is 37.1 Å². The van der Waals surface area contributed by atoms with Crippen molar-refractivity contribution in [3.63, 3.8) is 0 Å². The van der Waals surface area contributed by atoms with Gasteiger partial charge in [-0.3, -0.25) is 0 Å². The molecule has 0 unspecified atom stereocenters. The normalized spacial score (nSPS) is 15.2. The Morgan fingerprint density at radius 2 is 1.72 bits per heavy atom. The third-order valence-electron chi connectivity index (χ3n) is 5.05. The van der Waals surface area contributed by atoms with E-state index >= 15 is 0 Å². The van der Waals surface area contributed by atoms with Crippen molar-refractivity contribution in [3.05, 3.63) is 65.0 Å². The van der Waals surface area contributed by atoms with Gasteiger partial charge in [0.25, 0.3) is 0 Å². The van der Waals surface area contributed by atoms with Crippen LogP contribution in [-0.4, -0.2) is 43.9 Å². The summed E-state index contributed by atoms with van der Waals surface area (Å²) in [6, 6.07) is 16.5. The van der Waals surface area contributed by atoms with Crippen LogP contribution in [0.15, 0.2) is 58.8 Å². The number of nitriles is 1. The second kappa shape index (κ2) is 7.95. The van der Waals surface area contributed by atoms with Crippen LogP contribution in [-0.2, 0) is 10.0 Å². The van der Waals surface area contributed by atoms with Gasteiger partial charge in [-0.1, -0.05) is 36.4 Å². The van der Waals surface area contributed by atoms with E-state index in [1.165, 1.54) is 22.0 Å². The molecule has 0 amide bonds. The molecule has 0 saturated carbocycles. The molecule has 148 valence electrons. The number of aromatic nitrogens is 1. The SMILES string of the molecule is Cc1ccccc1-c1csc(N2CCN(S(=O)(=O)c3ccccc3C#N)CC2)n1. The van der Waals surface area contributed by atoms with Gasteiger partial charge in [-0.25, -0.2) is 13.4 Å². The maximum atomic E-state index is 13.0. The summed E-state index contributed by atoms with van der Waals surface area (Å²) in [5, 5.41) is 12.2. The van der Waals surface area contributed by atoms with Crippen molar-refractivity contribution < 1.29 is 8.42 Å². The molecule has 2 aromatic carbocycles. The third kappa shape index (κ3) is 3.77. The first-order valence-electron chi connectivity index (χ1n) is 9.26. The summed E-state index contributed by atoms with van der Waals surface area (Å²) >= 11 is 1.57. The van der Waals surface area contributed by atoms with Gasteiger partial charge in [0.15, 0.2) is 5.13 Å². The second-order valence-corrected chi connectivity index (χ2v) is 9.57. The van der Waals surface area contributed by atoms with Crippen LogP contribution in [0.25, 0.3) is 11.3 Å². The van der Waals surface area contributed by atoms with E-state index < -0.39 is 10.0 Å². The smallest absolute Gasteiger partial charge is 0.244 e. The maximum Gasteiger partial charge on any atom is 0.244 e. The summed E-state index contributed by atoms with van der Waals surface area (Å²) in [6.07, 6.45) is 0. The van der Waals surface area contributed by atoms with Crippen LogP contribution >= 0.6 is 11.3 Å². The second-order valence-electron chi connectivity index (χ2n) is 6.83. The average Bonchev–Trinajstić information content (AvgIpc) is 3.24. The highest BCUT2D eigenvalue weighted by molar-refractivity contribution is 7.89. The summed E-state index contributed by atoms with van der Waals surface area (Å²) in [7, 11) is -3.69. The zero-order valence-electron chi connectivity index (χ0n) is 15.9. The van der Waals surface area contributed by atoms with E-state index in [0.717, 1.165) is 16.4 Å². The molecule has 0 spiro atoms. The number of benzene rings is 2. The Kier molecular flexibility index (Phi) is 5.37. The molecule has 0 aliphatic carbocycles. The van der Waals surface area contributed by atoms with Crippen LogP contribution in [0.4, 0.5) is 5.13 Å². The number of rotatable bonds is 4. The van der Waals surface area contributed by atoms with Gasteiger partial charge in [0.05, 0.1) is 16.2 Å². The fourth-order valence-corrected chi connectivity index (χ4v) is 5.88. The topological polar surface area (TPSA) is 77.3 Å². The van der Waals surface area contributed by atoms with Crippen LogP contribution in [0.2, 0.25) is 0 Å². The van der Waals surface area contributed by atoms with Crippen LogP contribution in [0.1, 0.15) is 11.1 Å². The van der Waals surface area contributed by atoms with Gasteiger partial charge >= 0.3 is 0 Å². The Bertz CT molecular complexity index is 1170. The van der Waals surface area contributed by atoms with Gasteiger partial charge < -0.3 is 4.90 Å². The first kappa shape index (κ1) is 19.6. The van der Waals surface area contributed by atoms with E-state index in [2.05, 4.69) is 24.0 Å². The number of hydrogen-bond acceptors (Lipinski definition) is 6. The zero-order valence-corrected chi connectivity index (χ0v) is 17.6. The maximum absolute atomic E-state index is 13.0. The monoisotopic (exact) mass is 424 g/mol. The minimum absolute atomic E-state index is 0.0760. The van der Waals surface area contributed by atoms with Gasteiger partial charge in [-0.15, -0.1) is 11.3 Å². The molecule has 0 atom stereocenters. The predicted molar refractivity (Wildman–Crippen MR) is 114 cm³/mol. The summed E-state index contributed by atoms with van der Waals surface area (Å²) in [5.74, 6) is 0. The van der Waals surface area contributed by atoms with Crippen LogP contribution in [0.5, 0.6) is 0 Å². The van der Waals surface area contributed by atoms with E-state index in [-0.39, 0.29) is 10.5 Å². The van der Waals surface area contributed by atoms with Crippen LogP contribution in [0.3, 0.4) is 0 Å². The molecule has 1 aliphatic heterocycles. The molecule has 1 fully saturated rings. The Morgan fingerprint density at radius 3 is 2.45 bits per heavy atom. The lowest BCUT2D eigenvalue weighted by molar-refractivity contribution is 0.384. The molecule has 1 aromatic heterocycles. The van der Waals surface area contributed by atoms with E-state index in [4.69, 9.17) is 4.98 Å². The molecule has 0 N–H and O–H groups in total. The first-order valence-corrected chi connectivity index (χ1v) is 11.6. The number of hydrogen-bond donors (Lipinski definition) is 0. The molecule has 8 heteroatoms. The molecule has 1 saturated heterocycles. The molecule has 4 rings (SSSR count). The fraction of sp³-hybridized carbons (Fsp3) is 0.238. The van der Waals surface area contributed by atoms with Gasteiger partial charge in [0.2, 0.25) is 10.0 Å².